The average molecular weight is 293 g/mol. The van der Waals surface area contributed by atoms with Crippen molar-refractivity contribution in [2.45, 2.75) is 38.8 Å². The molecule has 4 nitrogen and oxygen atoms in total. The smallest absolute Gasteiger partial charge is 0.222 e. The second-order valence-corrected chi connectivity index (χ2v) is 5.87. The predicted molar refractivity (Wildman–Crippen MR) is 82.6 cm³/mol. The molecule has 0 aromatic heterocycles. The van der Waals surface area contributed by atoms with E-state index in [4.69, 9.17) is 5.73 Å². The number of nitrogens with zero attached hydrogens (tertiary/aromatic N) is 1. The molecule has 0 saturated carbocycles. The molecule has 3 atom stereocenters. The highest BCUT2D eigenvalue weighted by Gasteiger charge is 2.31. The third kappa shape index (κ3) is 3.18. The van der Waals surface area contributed by atoms with Crippen LogP contribution in [-0.2, 0) is 4.79 Å². The van der Waals surface area contributed by atoms with Gasteiger partial charge in [-0.15, -0.1) is 0 Å². The Morgan fingerprint density at radius 2 is 2.19 bits per heavy atom. The Labute approximate surface area is 125 Å². The molecule has 1 aliphatic rings. The van der Waals surface area contributed by atoms with Crippen LogP contribution in [0.5, 0.6) is 0 Å². The molecule has 1 aliphatic heterocycles. The van der Waals surface area contributed by atoms with Crippen molar-refractivity contribution in [3.63, 3.8) is 0 Å². The van der Waals surface area contributed by atoms with Crippen molar-refractivity contribution in [2.24, 2.45) is 11.7 Å². The lowest BCUT2D eigenvalue weighted by molar-refractivity contribution is -0.122. The van der Waals surface area contributed by atoms with Gasteiger partial charge in [0.15, 0.2) is 0 Å². The number of para-hydroxylation sites is 1. The van der Waals surface area contributed by atoms with Crippen LogP contribution in [-0.4, -0.2) is 25.5 Å². The largest absolute Gasteiger partial charge is 0.369 e. The number of hydrogen-bond acceptors (Lipinski definition) is 3. The Bertz CT molecular complexity index is 520. The first-order chi connectivity index (χ1) is 9.95. The number of rotatable bonds is 4. The zero-order valence-corrected chi connectivity index (χ0v) is 12.9. The van der Waals surface area contributed by atoms with Gasteiger partial charge in [0.25, 0.3) is 0 Å². The van der Waals surface area contributed by atoms with Crippen LogP contribution >= 0.6 is 0 Å². The SMILES string of the molecule is CNC(C)c1cccc(F)c1N1CC(C(N)=O)CCC1C. The van der Waals surface area contributed by atoms with Crippen molar-refractivity contribution in [2.75, 3.05) is 18.5 Å². The second kappa shape index (κ2) is 6.43. The molecule has 0 aliphatic carbocycles. The molecule has 116 valence electrons. The van der Waals surface area contributed by atoms with Gasteiger partial charge in [0.1, 0.15) is 5.82 Å². The fraction of sp³-hybridized carbons (Fsp3) is 0.562. The molecule has 5 heteroatoms. The van der Waals surface area contributed by atoms with Crippen LogP contribution in [0.3, 0.4) is 0 Å². The maximum Gasteiger partial charge on any atom is 0.222 e. The third-order valence-electron chi connectivity index (χ3n) is 4.49. The molecule has 1 saturated heterocycles. The number of piperidine rings is 1. The second-order valence-electron chi connectivity index (χ2n) is 5.87. The van der Waals surface area contributed by atoms with Gasteiger partial charge in [0.2, 0.25) is 5.91 Å². The van der Waals surface area contributed by atoms with E-state index in [2.05, 4.69) is 12.2 Å². The number of carbonyl (C=O) groups is 1. The topological polar surface area (TPSA) is 58.4 Å². The summed E-state index contributed by atoms with van der Waals surface area (Å²) in [6.07, 6.45) is 1.62. The van der Waals surface area contributed by atoms with E-state index in [0.29, 0.717) is 12.2 Å². The number of primary amides is 1. The molecule has 0 bridgehead atoms. The molecule has 21 heavy (non-hydrogen) atoms. The molecular weight excluding hydrogens is 269 g/mol. The molecule has 3 unspecified atom stereocenters. The number of benzene rings is 1. The molecule has 3 N–H and O–H groups in total. The highest BCUT2D eigenvalue weighted by Crippen LogP contribution is 2.34. The van der Waals surface area contributed by atoms with Crippen molar-refractivity contribution >= 4 is 11.6 Å². The standard InChI is InChI=1S/C16H24FN3O/c1-10-7-8-12(16(18)21)9-20(10)15-13(11(2)19-3)5-4-6-14(15)17/h4-6,10-12,19H,7-9H2,1-3H3,(H2,18,21). The van der Waals surface area contributed by atoms with Gasteiger partial charge in [-0.1, -0.05) is 12.1 Å². The molecule has 2 rings (SSSR count). The highest BCUT2D eigenvalue weighted by atomic mass is 19.1. The van der Waals surface area contributed by atoms with E-state index in [9.17, 15) is 9.18 Å². The van der Waals surface area contributed by atoms with Crippen molar-refractivity contribution in [3.05, 3.63) is 29.6 Å². The summed E-state index contributed by atoms with van der Waals surface area (Å²) in [4.78, 5) is 13.5. The Balaban J connectivity index is 2.41. The molecule has 1 aromatic carbocycles. The molecule has 1 aromatic rings. The monoisotopic (exact) mass is 293 g/mol. The summed E-state index contributed by atoms with van der Waals surface area (Å²) in [6.45, 7) is 4.55. The number of nitrogens with one attached hydrogen (secondary N) is 1. The van der Waals surface area contributed by atoms with E-state index >= 15 is 0 Å². The summed E-state index contributed by atoms with van der Waals surface area (Å²) in [5.41, 5.74) is 6.95. The minimum Gasteiger partial charge on any atom is -0.369 e. The van der Waals surface area contributed by atoms with Gasteiger partial charge in [0.05, 0.1) is 11.6 Å². The van der Waals surface area contributed by atoms with Crippen LogP contribution in [0.1, 0.15) is 38.3 Å². The minimum absolute atomic E-state index is 0.0388. The number of carbonyl (C=O) groups excluding carboxylic acids is 1. The summed E-state index contributed by atoms with van der Waals surface area (Å²) >= 11 is 0. The van der Waals surface area contributed by atoms with Gasteiger partial charge in [-0.05, 0) is 45.4 Å². The van der Waals surface area contributed by atoms with Crippen LogP contribution < -0.4 is 16.0 Å². The molecular formula is C16H24FN3O. The molecule has 0 radical (unpaired) electrons. The van der Waals surface area contributed by atoms with E-state index in [1.807, 2.05) is 24.9 Å². The highest BCUT2D eigenvalue weighted by molar-refractivity contribution is 5.78. The van der Waals surface area contributed by atoms with Gasteiger partial charge in [-0.2, -0.15) is 0 Å². The van der Waals surface area contributed by atoms with Gasteiger partial charge < -0.3 is 16.0 Å². The maximum absolute atomic E-state index is 14.4. The summed E-state index contributed by atoms with van der Waals surface area (Å²) in [5, 5.41) is 3.15. The van der Waals surface area contributed by atoms with Gasteiger partial charge in [0, 0.05) is 18.6 Å². The van der Waals surface area contributed by atoms with E-state index in [1.54, 1.807) is 6.07 Å². The van der Waals surface area contributed by atoms with Crippen molar-refractivity contribution in [1.29, 1.82) is 0 Å². The third-order valence-corrected chi connectivity index (χ3v) is 4.49. The van der Waals surface area contributed by atoms with Crippen LogP contribution in [0, 0.1) is 11.7 Å². The molecule has 1 amide bonds. The van der Waals surface area contributed by atoms with Gasteiger partial charge in [-0.25, -0.2) is 4.39 Å². The minimum atomic E-state index is -0.300. The number of hydrogen-bond donors (Lipinski definition) is 2. The number of halogens is 1. The number of amides is 1. The van der Waals surface area contributed by atoms with Crippen LogP contribution in [0.25, 0.3) is 0 Å². The maximum atomic E-state index is 14.4. The summed E-state index contributed by atoms with van der Waals surface area (Å²) in [7, 11) is 1.85. The average Bonchev–Trinajstić information content (AvgIpc) is 2.47. The first kappa shape index (κ1) is 15.8. The van der Waals surface area contributed by atoms with Crippen LogP contribution in [0.15, 0.2) is 18.2 Å². The normalized spacial score (nSPS) is 23.9. The quantitative estimate of drug-likeness (QED) is 0.894. The Morgan fingerprint density at radius 1 is 1.48 bits per heavy atom. The summed E-state index contributed by atoms with van der Waals surface area (Å²) in [5.74, 6) is -0.753. The number of anilines is 1. The Morgan fingerprint density at radius 3 is 2.81 bits per heavy atom. The summed E-state index contributed by atoms with van der Waals surface area (Å²) in [6, 6.07) is 5.36. The lowest BCUT2D eigenvalue weighted by Gasteiger charge is -2.40. The first-order valence-electron chi connectivity index (χ1n) is 7.47. The fourth-order valence-corrected chi connectivity index (χ4v) is 2.99. The lowest BCUT2D eigenvalue weighted by Crippen LogP contribution is -2.46. The van der Waals surface area contributed by atoms with Crippen molar-refractivity contribution < 1.29 is 9.18 Å². The fourth-order valence-electron chi connectivity index (χ4n) is 2.99. The van der Waals surface area contributed by atoms with Crippen LogP contribution in [0.2, 0.25) is 0 Å². The lowest BCUT2D eigenvalue weighted by atomic mass is 9.91. The van der Waals surface area contributed by atoms with E-state index in [1.165, 1.54) is 6.07 Å². The molecule has 1 heterocycles. The number of nitrogens with two attached hydrogens (primary N) is 1. The summed E-state index contributed by atoms with van der Waals surface area (Å²) < 4.78 is 14.4. The zero-order valence-electron chi connectivity index (χ0n) is 12.9. The van der Waals surface area contributed by atoms with Gasteiger partial charge >= 0.3 is 0 Å². The predicted octanol–water partition coefficient (Wildman–Crippen LogP) is 2.20. The van der Waals surface area contributed by atoms with Crippen molar-refractivity contribution in [3.8, 4) is 0 Å². The Hall–Kier alpha value is -1.62. The van der Waals surface area contributed by atoms with E-state index in [-0.39, 0.29) is 29.7 Å². The molecule has 1 fully saturated rings. The van der Waals surface area contributed by atoms with E-state index < -0.39 is 0 Å². The van der Waals surface area contributed by atoms with Gasteiger partial charge in [-0.3, -0.25) is 4.79 Å². The van der Waals surface area contributed by atoms with Crippen LogP contribution in [0.4, 0.5) is 10.1 Å². The van der Waals surface area contributed by atoms with Crippen molar-refractivity contribution in [1.82, 2.24) is 5.32 Å². The first-order valence-corrected chi connectivity index (χ1v) is 7.47. The Kier molecular flexibility index (Phi) is 4.83. The van der Waals surface area contributed by atoms with E-state index in [0.717, 1.165) is 18.4 Å². The molecule has 0 spiro atoms. The zero-order chi connectivity index (χ0) is 15.6.